The Bertz CT molecular complexity index is 742. The van der Waals surface area contributed by atoms with Gasteiger partial charge in [0.25, 0.3) is 0 Å². The quantitative estimate of drug-likeness (QED) is 0.790. The maximum atomic E-state index is 12.5. The number of rotatable bonds is 3. The summed E-state index contributed by atoms with van der Waals surface area (Å²) in [6.45, 7) is 6.89. The van der Waals surface area contributed by atoms with Crippen LogP contribution in [0, 0.1) is 0 Å². The molecule has 8 heteroatoms. The van der Waals surface area contributed by atoms with Crippen LogP contribution in [0.4, 0.5) is 4.79 Å². The number of carbonyl (C=O) groups is 2. The molecule has 1 aliphatic carbocycles. The van der Waals surface area contributed by atoms with Crippen molar-refractivity contribution in [3.05, 3.63) is 18.1 Å². The molecule has 152 valence electrons. The van der Waals surface area contributed by atoms with Crippen molar-refractivity contribution in [1.82, 2.24) is 19.8 Å². The molecule has 0 radical (unpaired) electrons. The van der Waals surface area contributed by atoms with Gasteiger partial charge >= 0.3 is 6.09 Å². The minimum absolute atomic E-state index is 0.0531. The number of hydrogen-bond acceptors (Lipinski definition) is 6. The summed E-state index contributed by atoms with van der Waals surface area (Å²) in [5.41, 5.74) is 0.468. The predicted octanol–water partition coefficient (Wildman–Crippen LogP) is 2.34. The lowest BCUT2D eigenvalue weighted by molar-refractivity contribution is -0.131. The zero-order valence-electron chi connectivity index (χ0n) is 16.8. The molecule has 28 heavy (non-hydrogen) atoms. The summed E-state index contributed by atoms with van der Waals surface area (Å²) in [6, 6.07) is -0.0637. The average molecular weight is 388 g/mol. The first-order valence-corrected chi connectivity index (χ1v) is 10.0. The molecule has 0 unspecified atom stereocenters. The van der Waals surface area contributed by atoms with Crippen LogP contribution >= 0.6 is 0 Å². The van der Waals surface area contributed by atoms with E-state index in [1.807, 2.05) is 25.7 Å². The van der Waals surface area contributed by atoms with E-state index in [0.717, 1.165) is 5.69 Å². The highest BCUT2D eigenvalue weighted by Crippen LogP contribution is 2.38. The molecule has 2 atom stereocenters. The van der Waals surface area contributed by atoms with E-state index in [9.17, 15) is 9.59 Å². The summed E-state index contributed by atoms with van der Waals surface area (Å²) in [6.07, 6.45) is 6.29. The third-order valence-electron chi connectivity index (χ3n) is 5.31. The van der Waals surface area contributed by atoms with E-state index in [4.69, 9.17) is 9.47 Å². The van der Waals surface area contributed by atoms with Crippen molar-refractivity contribution >= 4 is 12.0 Å². The molecule has 4 rings (SSSR count). The second-order valence-corrected chi connectivity index (χ2v) is 8.91. The lowest BCUT2D eigenvalue weighted by Crippen LogP contribution is -2.42. The smallest absolute Gasteiger partial charge is 0.410 e. The summed E-state index contributed by atoms with van der Waals surface area (Å²) >= 11 is 0. The van der Waals surface area contributed by atoms with Gasteiger partial charge in [-0.05, 0) is 33.6 Å². The largest absolute Gasteiger partial charge is 0.471 e. The Morgan fingerprint density at radius 2 is 1.96 bits per heavy atom. The van der Waals surface area contributed by atoms with Gasteiger partial charge in [0.05, 0.1) is 30.7 Å². The van der Waals surface area contributed by atoms with Crippen molar-refractivity contribution in [3.8, 4) is 5.88 Å². The highest BCUT2D eigenvalue weighted by molar-refractivity contribution is 5.79. The number of nitrogens with zero attached hydrogens (tertiary/aromatic N) is 4. The fourth-order valence-corrected chi connectivity index (χ4v) is 3.80. The van der Waals surface area contributed by atoms with Crippen molar-refractivity contribution in [2.75, 3.05) is 19.6 Å². The molecule has 0 spiro atoms. The maximum Gasteiger partial charge on any atom is 0.410 e. The summed E-state index contributed by atoms with van der Waals surface area (Å²) in [4.78, 5) is 37.3. The molecule has 0 aromatic carbocycles. The van der Waals surface area contributed by atoms with Crippen LogP contribution in [0.15, 0.2) is 12.4 Å². The molecule has 3 heterocycles. The molecule has 2 aliphatic heterocycles. The van der Waals surface area contributed by atoms with E-state index in [1.165, 1.54) is 12.8 Å². The van der Waals surface area contributed by atoms with Gasteiger partial charge < -0.3 is 19.3 Å². The number of fused-ring (bicyclic) bond motifs is 1. The van der Waals surface area contributed by atoms with Gasteiger partial charge in [-0.1, -0.05) is 0 Å². The van der Waals surface area contributed by atoms with Gasteiger partial charge in [-0.25, -0.2) is 9.78 Å². The van der Waals surface area contributed by atoms with Crippen molar-refractivity contribution in [1.29, 1.82) is 0 Å². The van der Waals surface area contributed by atoms with E-state index in [-0.39, 0.29) is 24.1 Å². The van der Waals surface area contributed by atoms with Crippen LogP contribution in [0.25, 0.3) is 0 Å². The maximum absolute atomic E-state index is 12.5. The van der Waals surface area contributed by atoms with Gasteiger partial charge in [-0.15, -0.1) is 0 Å². The van der Waals surface area contributed by atoms with Crippen LogP contribution in [-0.2, 0) is 9.53 Å². The molecule has 1 saturated carbocycles. The fraction of sp³-hybridized carbons (Fsp3) is 0.700. The summed E-state index contributed by atoms with van der Waals surface area (Å²) < 4.78 is 11.5. The number of amides is 2. The van der Waals surface area contributed by atoms with Crippen LogP contribution < -0.4 is 4.74 Å². The number of carbonyl (C=O) groups excluding carboxylic acids is 2. The van der Waals surface area contributed by atoms with Crippen molar-refractivity contribution in [2.24, 2.45) is 0 Å². The van der Waals surface area contributed by atoms with Crippen LogP contribution in [0.5, 0.6) is 5.88 Å². The van der Waals surface area contributed by atoms with Gasteiger partial charge in [0, 0.05) is 31.8 Å². The molecule has 8 nitrogen and oxygen atoms in total. The Kier molecular flexibility index (Phi) is 4.89. The number of aromatic nitrogens is 2. The van der Waals surface area contributed by atoms with Crippen LogP contribution in [0.1, 0.15) is 58.1 Å². The Balaban J connectivity index is 1.38. The minimum atomic E-state index is -0.556. The zero-order chi connectivity index (χ0) is 19.9. The molecule has 2 saturated heterocycles. The number of ether oxygens (including phenoxy) is 2. The van der Waals surface area contributed by atoms with Crippen molar-refractivity contribution < 1.29 is 19.1 Å². The third-order valence-corrected chi connectivity index (χ3v) is 5.31. The lowest BCUT2D eigenvalue weighted by Gasteiger charge is -2.28. The Labute approximate surface area is 165 Å². The predicted molar refractivity (Wildman–Crippen MR) is 101 cm³/mol. The van der Waals surface area contributed by atoms with Gasteiger partial charge in [0.2, 0.25) is 11.8 Å². The molecule has 3 fully saturated rings. The fourth-order valence-electron chi connectivity index (χ4n) is 3.80. The topological polar surface area (TPSA) is 84.9 Å². The second-order valence-electron chi connectivity index (χ2n) is 8.91. The summed E-state index contributed by atoms with van der Waals surface area (Å²) in [7, 11) is 0. The van der Waals surface area contributed by atoms with Crippen molar-refractivity contribution in [3.63, 3.8) is 0 Å². The molecule has 0 bridgehead atoms. The first kappa shape index (κ1) is 19.0. The third kappa shape index (κ3) is 4.36. The van der Waals surface area contributed by atoms with Crippen LogP contribution in [0.3, 0.4) is 0 Å². The van der Waals surface area contributed by atoms with Gasteiger partial charge in [0.15, 0.2) is 0 Å². The minimum Gasteiger partial charge on any atom is -0.471 e. The highest BCUT2D eigenvalue weighted by Gasteiger charge is 2.41. The highest BCUT2D eigenvalue weighted by atomic mass is 16.6. The summed E-state index contributed by atoms with van der Waals surface area (Å²) in [5.74, 6) is 1.10. The monoisotopic (exact) mass is 388 g/mol. The molecule has 2 amide bonds. The average Bonchev–Trinajstić information content (AvgIpc) is 3.41. The van der Waals surface area contributed by atoms with Crippen LogP contribution in [0.2, 0.25) is 0 Å². The van der Waals surface area contributed by atoms with Crippen LogP contribution in [-0.4, -0.2) is 69.1 Å². The molecule has 1 aromatic rings. The Hall–Kier alpha value is -2.38. The molecule has 3 aliphatic rings. The standard InChI is InChI=1S/C20H28N4O4/c1-20(2,3)28-19(26)23-7-6-18(25)24-12-15(8-14(24)11-23)27-17-10-21-16(9-22-17)13-4-5-13/h9-10,13-15H,4-8,11-12H2,1-3H3/t14-,15-/m0/s1. The van der Waals surface area contributed by atoms with Gasteiger partial charge in [-0.3, -0.25) is 9.78 Å². The molecular formula is C20H28N4O4. The second kappa shape index (κ2) is 7.22. The van der Waals surface area contributed by atoms with Crippen molar-refractivity contribution in [2.45, 2.75) is 70.1 Å². The van der Waals surface area contributed by atoms with E-state index < -0.39 is 5.60 Å². The van der Waals surface area contributed by atoms with E-state index in [1.54, 1.807) is 17.3 Å². The number of hydrogen-bond donors (Lipinski definition) is 0. The SMILES string of the molecule is CC(C)(C)OC(=O)N1CCC(=O)N2C[C@@H](Oc3cnc(C4CC4)cn3)C[C@H]2C1. The van der Waals surface area contributed by atoms with E-state index >= 15 is 0 Å². The van der Waals surface area contributed by atoms with Gasteiger partial charge in [0.1, 0.15) is 11.7 Å². The molecular weight excluding hydrogens is 360 g/mol. The zero-order valence-corrected chi connectivity index (χ0v) is 16.8. The van der Waals surface area contributed by atoms with E-state index in [0.29, 0.717) is 44.3 Å². The van der Waals surface area contributed by atoms with Gasteiger partial charge in [-0.2, -0.15) is 0 Å². The Morgan fingerprint density at radius 1 is 1.18 bits per heavy atom. The Morgan fingerprint density at radius 3 is 2.61 bits per heavy atom. The molecule has 1 aromatic heterocycles. The lowest BCUT2D eigenvalue weighted by atomic mass is 10.2. The first-order valence-electron chi connectivity index (χ1n) is 10.0. The first-order chi connectivity index (χ1) is 13.3. The normalized spacial score (nSPS) is 25.3. The molecule has 0 N–H and O–H groups in total. The van der Waals surface area contributed by atoms with E-state index in [2.05, 4.69) is 9.97 Å². The summed E-state index contributed by atoms with van der Waals surface area (Å²) in [5, 5.41) is 0.